The maximum Gasteiger partial charge on any atom is 0.311 e. The zero-order valence-corrected chi connectivity index (χ0v) is 17.1. The second-order valence-electron chi connectivity index (χ2n) is 5.62. The molecule has 3 rings (SSSR count). The van der Waals surface area contributed by atoms with Crippen molar-refractivity contribution in [2.24, 2.45) is 5.10 Å². The van der Waals surface area contributed by atoms with Gasteiger partial charge in [-0.15, -0.1) is 11.3 Å². The van der Waals surface area contributed by atoms with E-state index in [4.69, 9.17) is 27.9 Å². The molecule has 3 aromatic rings. The number of nitrogens with zero attached hydrogens (tertiary/aromatic N) is 3. The zero-order valence-electron chi connectivity index (χ0n) is 14.8. The van der Waals surface area contributed by atoms with E-state index < -0.39 is 4.92 Å². The van der Waals surface area contributed by atoms with E-state index in [0.717, 1.165) is 11.3 Å². The minimum atomic E-state index is -0.493. The van der Waals surface area contributed by atoms with Crippen LogP contribution in [0.25, 0.3) is 11.3 Å². The number of ether oxygens (including phenoxy) is 1. The lowest BCUT2D eigenvalue weighted by Crippen LogP contribution is -2.02. The van der Waals surface area contributed by atoms with Gasteiger partial charge in [0.25, 0.3) is 0 Å². The van der Waals surface area contributed by atoms with Crippen molar-refractivity contribution in [2.45, 2.75) is 6.92 Å². The number of anilines is 1. The van der Waals surface area contributed by atoms with Gasteiger partial charge in [-0.25, -0.2) is 4.98 Å². The van der Waals surface area contributed by atoms with Crippen LogP contribution in [0.15, 0.2) is 46.9 Å². The number of hydrogen-bond donors (Lipinski definition) is 1. The summed E-state index contributed by atoms with van der Waals surface area (Å²) in [6, 6.07) is 9.95. The van der Waals surface area contributed by atoms with Gasteiger partial charge >= 0.3 is 5.69 Å². The second kappa shape index (κ2) is 8.55. The lowest BCUT2D eigenvalue weighted by molar-refractivity contribution is -0.385. The van der Waals surface area contributed by atoms with Crippen LogP contribution in [-0.4, -0.2) is 22.7 Å². The third-order valence-corrected chi connectivity index (χ3v) is 5.32. The van der Waals surface area contributed by atoms with Gasteiger partial charge in [0.05, 0.1) is 33.5 Å². The normalized spacial score (nSPS) is 11.4. The average Bonchev–Trinajstić information content (AvgIpc) is 3.16. The molecule has 28 heavy (non-hydrogen) atoms. The number of thiazole rings is 1. The molecule has 0 spiro atoms. The number of nitro groups is 1. The molecular weight excluding hydrogens is 423 g/mol. The SMILES string of the molecule is COc1ccc(/C(C)=N\Nc2nc(-c3ccc(Cl)c(Cl)c3)cs2)cc1[N+](=O)[O-]. The topological polar surface area (TPSA) is 89.7 Å². The molecule has 10 heteroatoms. The number of rotatable bonds is 6. The Labute approximate surface area is 174 Å². The molecule has 7 nitrogen and oxygen atoms in total. The maximum atomic E-state index is 11.2. The first-order valence-electron chi connectivity index (χ1n) is 7.93. The fourth-order valence-electron chi connectivity index (χ4n) is 2.37. The third-order valence-electron chi connectivity index (χ3n) is 3.83. The first-order chi connectivity index (χ1) is 13.4. The van der Waals surface area contributed by atoms with Gasteiger partial charge in [0, 0.05) is 22.6 Å². The van der Waals surface area contributed by atoms with E-state index in [-0.39, 0.29) is 11.4 Å². The summed E-state index contributed by atoms with van der Waals surface area (Å²) >= 11 is 13.4. The molecule has 0 unspecified atom stereocenters. The van der Waals surface area contributed by atoms with Gasteiger partial charge in [0.1, 0.15) is 0 Å². The molecule has 0 radical (unpaired) electrons. The van der Waals surface area contributed by atoms with E-state index in [9.17, 15) is 10.1 Å². The summed E-state index contributed by atoms with van der Waals surface area (Å²) in [5.74, 6) is 0.195. The highest BCUT2D eigenvalue weighted by atomic mass is 35.5. The number of methoxy groups -OCH3 is 1. The first kappa shape index (κ1) is 20.1. The molecule has 1 N–H and O–H groups in total. The van der Waals surface area contributed by atoms with Crippen molar-refractivity contribution < 1.29 is 9.66 Å². The molecule has 0 saturated heterocycles. The Morgan fingerprint density at radius 1 is 1.25 bits per heavy atom. The van der Waals surface area contributed by atoms with Crippen LogP contribution in [0.4, 0.5) is 10.8 Å². The standard InChI is InChI=1S/C18H14Cl2N4O3S/c1-10(11-4-6-17(27-2)16(8-11)24(25)26)22-23-18-21-15(9-28-18)12-3-5-13(19)14(20)7-12/h3-9H,1-2H3,(H,21,23)/b22-10-. The quantitative estimate of drug-likeness (QED) is 0.296. The Kier molecular flexibility index (Phi) is 6.13. The van der Waals surface area contributed by atoms with Crippen molar-refractivity contribution in [3.63, 3.8) is 0 Å². The summed E-state index contributed by atoms with van der Waals surface area (Å²) in [4.78, 5) is 15.1. The monoisotopic (exact) mass is 436 g/mol. The molecule has 144 valence electrons. The van der Waals surface area contributed by atoms with Crippen molar-refractivity contribution in [1.29, 1.82) is 0 Å². The summed E-state index contributed by atoms with van der Waals surface area (Å²) in [5.41, 5.74) is 5.49. The van der Waals surface area contributed by atoms with Gasteiger partial charge in [-0.3, -0.25) is 15.5 Å². The van der Waals surface area contributed by atoms with E-state index in [0.29, 0.717) is 26.5 Å². The van der Waals surface area contributed by atoms with E-state index in [1.54, 1.807) is 25.1 Å². The number of hydrazone groups is 1. The number of aromatic nitrogens is 1. The fraction of sp³-hybridized carbons (Fsp3) is 0.111. The molecule has 0 aliphatic heterocycles. The summed E-state index contributed by atoms with van der Waals surface area (Å²) < 4.78 is 5.01. The van der Waals surface area contributed by atoms with Gasteiger partial charge in [-0.1, -0.05) is 29.3 Å². The third kappa shape index (κ3) is 4.41. The number of hydrogen-bond acceptors (Lipinski definition) is 7. The Balaban J connectivity index is 1.78. The van der Waals surface area contributed by atoms with Gasteiger partial charge in [-0.2, -0.15) is 5.10 Å². The Morgan fingerprint density at radius 3 is 2.71 bits per heavy atom. The lowest BCUT2D eigenvalue weighted by Gasteiger charge is -2.05. The molecule has 0 aliphatic rings. The highest BCUT2D eigenvalue weighted by Crippen LogP contribution is 2.31. The highest BCUT2D eigenvalue weighted by molar-refractivity contribution is 7.14. The second-order valence-corrected chi connectivity index (χ2v) is 7.29. The van der Waals surface area contributed by atoms with E-state index in [1.807, 2.05) is 11.4 Å². The summed E-state index contributed by atoms with van der Waals surface area (Å²) in [6.45, 7) is 1.74. The van der Waals surface area contributed by atoms with Gasteiger partial charge < -0.3 is 4.74 Å². The van der Waals surface area contributed by atoms with Crippen LogP contribution < -0.4 is 10.2 Å². The molecule has 0 saturated carbocycles. The fourth-order valence-corrected chi connectivity index (χ4v) is 3.33. The molecular formula is C18H14Cl2N4O3S. The smallest absolute Gasteiger partial charge is 0.311 e. The minimum absolute atomic E-state index is 0.120. The van der Waals surface area contributed by atoms with Gasteiger partial charge in [0.2, 0.25) is 5.13 Å². The molecule has 0 atom stereocenters. The molecule has 0 bridgehead atoms. The van der Waals surface area contributed by atoms with Crippen molar-refractivity contribution in [1.82, 2.24) is 4.98 Å². The molecule has 1 aromatic heterocycles. The number of nitro benzene ring substituents is 1. The van der Waals surface area contributed by atoms with Crippen LogP contribution >= 0.6 is 34.5 Å². The number of halogens is 2. The summed E-state index contributed by atoms with van der Waals surface area (Å²) in [5, 5.41) is 18.8. The molecule has 1 heterocycles. The van der Waals surface area contributed by atoms with Crippen LogP contribution in [0.3, 0.4) is 0 Å². The van der Waals surface area contributed by atoms with Crippen molar-refractivity contribution in [3.8, 4) is 17.0 Å². The molecule has 0 amide bonds. The van der Waals surface area contributed by atoms with E-state index in [1.165, 1.54) is 30.6 Å². The van der Waals surface area contributed by atoms with E-state index in [2.05, 4.69) is 15.5 Å². The maximum absolute atomic E-state index is 11.2. The Morgan fingerprint density at radius 2 is 2.04 bits per heavy atom. The predicted molar refractivity (Wildman–Crippen MR) is 113 cm³/mol. The molecule has 0 fully saturated rings. The average molecular weight is 437 g/mol. The van der Waals surface area contributed by atoms with Crippen LogP contribution in [0.2, 0.25) is 10.0 Å². The number of nitrogens with one attached hydrogen (secondary N) is 1. The van der Waals surface area contributed by atoms with Crippen LogP contribution in [-0.2, 0) is 0 Å². The van der Waals surface area contributed by atoms with E-state index >= 15 is 0 Å². The first-order valence-corrected chi connectivity index (χ1v) is 9.56. The van der Waals surface area contributed by atoms with Crippen molar-refractivity contribution >= 4 is 51.1 Å². The van der Waals surface area contributed by atoms with Gasteiger partial charge in [0.15, 0.2) is 5.75 Å². The molecule has 0 aliphatic carbocycles. The minimum Gasteiger partial charge on any atom is -0.490 e. The van der Waals surface area contributed by atoms with Crippen molar-refractivity contribution in [2.75, 3.05) is 12.5 Å². The highest BCUT2D eigenvalue weighted by Gasteiger charge is 2.16. The van der Waals surface area contributed by atoms with Crippen LogP contribution in [0, 0.1) is 10.1 Å². The van der Waals surface area contributed by atoms with Crippen molar-refractivity contribution in [3.05, 3.63) is 67.5 Å². The largest absolute Gasteiger partial charge is 0.490 e. The molecule has 2 aromatic carbocycles. The Bertz CT molecular complexity index is 1070. The van der Waals surface area contributed by atoms with Crippen LogP contribution in [0.1, 0.15) is 12.5 Å². The summed E-state index contributed by atoms with van der Waals surface area (Å²) in [6.07, 6.45) is 0. The zero-order chi connectivity index (χ0) is 20.3. The van der Waals surface area contributed by atoms with Gasteiger partial charge in [-0.05, 0) is 31.2 Å². The Hall–Kier alpha value is -2.68. The number of benzene rings is 2. The van der Waals surface area contributed by atoms with Crippen LogP contribution in [0.5, 0.6) is 5.75 Å². The lowest BCUT2D eigenvalue weighted by atomic mass is 10.1. The predicted octanol–water partition coefficient (Wildman–Crippen LogP) is 5.87. The summed E-state index contributed by atoms with van der Waals surface area (Å²) in [7, 11) is 1.39.